The fourth-order valence-electron chi connectivity index (χ4n) is 4.34. The molecule has 0 unspecified atom stereocenters. The number of anilines is 1. The molecule has 35 heavy (non-hydrogen) atoms. The maximum Gasteiger partial charge on any atom is 0.420 e. The summed E-state index contributed by atoms with van der Waals surface area (Å²) in [7, 11) is -4.31. The first-order chi connectivity index (χ1) is 16.8. The summed E-state index contributed by atoms with van der Waals surface area (Å²) in [5.41, 5.74) is 3.23. The molecule has 0 amide bonds. The summed E-state index contributed by atoms with van der Waals surface area (Å²) in [6.45, 7) is 3.53. The van der Waals surface area contributed by atoms with Gasteiger partial charge in [0.05, 0.1) is 11.6 Å². The molecule has 0 saturated carbocycles. The van der Waals surface area contributed by atoms with Crippen molar-refractivity contribution in [2.45, 2.75) is 30.7 Å². The van der Waals surface area contributed by atoms with Crippen LogP contribution in [0.5, 0.6) is 0 Å². The van der Waals surface area contributed by atoms with E-state index in [1.807, 2.05) is 31.2 Å². The van der Waals surface area contributed by atoms with Gasteiger partial charge < -0.3 is 9.73 Å². The number of benzene rings is 2. The highest BCUT2D eigenvalue weighted by molar-refractivity contribution is 7.93. The normalized spacial score (nSPS) is 15.5. The zero-order valence-corrected chi connectivity index (χ0v) is 20.3. The van der Waals surface area contributed by atoms with E-state index in [0.717, 1.165) is 60.7 Å². The number of allylic oxidation sites excluding steroid dienone is 1. The number of hydrogen-bond donors (Lipinski definition) is 2. The second kappa shape index (κ2) is 9.36. The van der Waals surface area contributed by atoms with Gasteiger partial charge >= 0.3 is 5.76 Å². The molecule has 2 aromatic carbocycles. The Hall–Kier alpha value is -3.35. The molecule has 3 heterocycles. The fourth-order valence-corrected chi connectivity index (χ4v) is 6.07. The number of nitrogens with zero attached hydrogens (tertiary/aromatic N) is 3. The lowest BCUT2D eigenvalue weighted by atomic mass is 9.92. The molecular weight excluding hydrogens is 493 g/mol. The molecule has 5 rings (SSSR count). The van der Waals surface area contributed by atoms with Crippen LogP contribution in [0.1, 0.15) is 36.9 Å². The van der Waals surface area contributed by atoms with Crippen molar-refractivity contribution in [2.75, 3.05) is 17.8 Å². The largest absolute Gasteiger partial charge is 0.420 e. The summed E-state index contributed by atoms with van der Waals surface area (Å²) in [4.78, 5) is 16.0. The molecule has 1 atom stereocenters. The van der Waals surface area contributed by atoms with Crippen molar-refractivity contribution in [2.24, 2.45) is 0 Å². The average molecular weight is 516 g/mol. The van der Waals surface area contributed by atoms with Crippen molar-refractivity contribution in [3.63, 3.8) is 0 Å². The van der Waals surface area contributed by atoms with Gasteiger partial charge in [0, 0.05) is 30.2 Å². The summed E-state index contributed by atoms with van der Waals surface area (Å²) in [5.74, 6) is -1.72. The highest BCUT2D eigenvalue weighted by Gasteiger charge is 2.26. The van der Waals surface area contributed by atoms with Crippen molar-refractivity contribution in [3.05, 3.63) is 76.3 Å². The number of halogens is 1. The molecule has 0 radical (unpaired) electrons. The quantitative estimate of drug-likeness (QED) is 0.401. The second-order valence-corrected chi connectivity index (χ2v) is 10.6. The Bertz CT molecular complexity index is 1580. The zero-order chi connectivity index (χ0) is 24.6. The molecular formula is C23H22FN5O4S2. The maximum absolute atomic E-state index is 15.1. The molecule has 9 nitrogen and oxygen atoms in total. The van der Waals surface area contributed by atoms with E-state index in [0.29, 0.717) is 0 Å². The van der Waals surface area contributed by atoms with Crippen LogP contribution in [0.2, 0.25) is 0 Å². The lowest BCUT2D eigenvalue weighted by Crippen LogP contribution is -2.20. The summed E-state index contributed by atoms with van der Waals surface area (Å²) in [6.07, 6.45) is 5.23. The van der Waals surface area contributed by atoms with Gasteiger partial charge in [0.25, 0.3) is 10.0 Å². The predicted molar refractivity (Wildman–Crippen MR) is 131 cm³/mol. The molecule has 182 valence electrons. The van der Waals surface area contributed by atoms with E-state index in [9.17, 15) is 13.2 Å². The van der Waals surface area contributed by atoms with Gasteiger partial charge in [-0.2, -0.15) is 4.37 Å². The van der Waals surface area contributed by atoms with Gasteiger partial charge in [-0.05, 0) is 43.0 Å². The van der Waals surface area contributed by atoms with Crippen LogP contribution in [-0.2, 0) is 10.0 Å². The lowest BCUT2D eigenvalue weighted by Gasteiger charge is -2.19. The minimum Gasteiger partial charge on any atom is -0.408 e. The number of sulfonamides is 1. The highest BCUT2D eigenvalue weighted by Crippen LogP contribution is 2.32. The summed E-state index contributed by atoms with van der Waals surface area (Å²) >= 11 is 0.816. The zero-order valence-electron chi connectivity index (χ0n) is 18.7. The first kappa shape index (κ1) is 23.4. The molecule has 0 bridgehead atoms. The van der Waals surface area contributed by atoms with Crippen LogP contribution >= 0.6 is 11.5 Å². The van der Waals surface area contributed by atoms with Gasteiger partial charge in [0.15, 0.2) is 5.58 Å². The van der Waals surface area contributed by atoms with Gasteiger partial charge in [0.1, 0.15) is 17.0 Å². The lowest BCUT2D eigenvalue weighted by molar-refractivity contribution is 0.489. The van der Waals surface area contributed by atoms with Crippen molar-refractivity contribution in [1.82, 2.24) is 19.2 Å². The molecule has 12 heteroatoms. The molecule has 0 fully saturated rings. The van der Waals surface area contributed by atoms with Gasteiger partial charge in [-0.15, -0.1) is 0 Å². The number of rotatable bonds is 6. The number of nitrogens with one attached hydrogen (secondary N) is 2. The van der Waals surface area contributed by atoms with Gasteiger partial charge in [-0.1, -0.05) is 30.3 Å². The number of oxazole rings is 1. The monoisotopic (exact) mass is 515 g/mol. The Kier molecular flexibility index (Phi) is 6.26. The van der Waals surface area contributed by atoms with Gasteiger partial charge in [-0.3, -0.25) is 9.29 Å². The molecule has 0 spiro atoms. The van der Waals surface area contributed by atoms with Crippen LogP contribution in [0.3, 0.4) is 0 Å². The van der Waals surface area contributed by atoms with Crippen LogP contribution in [-0.4, -0.2) is 35.4 Å². The number of hydrogen-bond acceptors (Lipinski definition) is 8. The van der Waals surface area contributed by atoms with Crippen molar-refractivity contribution in [1.29, 1.82) is 0 Å². The topological polar surface area (TPSA) is 119 Å². The minimum absolute atomic E-state index is 0.00299. The van der Waals surface area contributed by atoms with E-state index in [4.69, 9.17) is 4.42 Å². The van der Waals surface area contributed by atoms with Crippen molar-refractivity contribution in [3.8, 4) is 0 Å². The van der Waals surface area contributed by atoms with E-state index < -0.39 is 32.5 Å². The third-order valence-corrected chi connectivity index (χ3v) is 8.04. The third kappa shape index (κ3) is 4.51. The Morgan fingerprint density at radius 3 is 2.91 bits per heavy atom. The van der Waals surface area contributed by atoms with E-state index in [2.05, 4.69) is 25.5 Å². The predicted octanol–water partition coefficient (Wildman–Crippen LogP) is 3.76. The van der Waals surface area contributed by atoms with E-state index in [-0.39, 0.29) is 16.2 Å². The molecule has 1 aliphatic rings. The first-order valence-electron chi connectivity index (χ1n) is 11.0. The molecule has 2 aromatic heterocycles. The van der Waals surface area contributed by atoms with Crippen LogP contribution in [0, 0.1) is 5.82 Å². The van der Waals surface area contributed by atoms with Gasteiger partial charge in [0.2, 0.25) is 5.13 Å². The smallest absolute Gasteiger partial charge is 0.408 e. The molecule has 0 saturated heterocycles. The average Bonchev–Trinajstić information content (AvgIpc) is 3.34. The minimum atomic E-state index is -4.31. The molecule has 1 aliphatic heterocycles. The standard InChI is InChI=1S/C23H22FN5O4S2/c1-14(16-6-2-3-7-17(16)15-5-4-9-25-10-8-15)29-19-11-18(24)21(12-20(19)33-23(29)30)35(31,32)28-22-26-13-27-34-22/h2-3,6-8,11-14,25H,4-5,9-10H2,1H3,(H,26,27,28)/t14-/m1/s1. The number of aromatic nitrogens is 3. The van der Waals surface area contributed by atoms with E-state index >= 15 is 4.39 Å². The Labute approximate surface area is 204 Å². The van der Waals surface area contributed by atoms with Crippen LogP contribution in [0.25, 0.3) is 16.7 Å². The maximum atomic E-state index is 15.1. The first-order valence-corrected chi connectivity index (χ1v) is 13.2. The Morgan fingerprint density at radius 2 is 2.11 bits per heavy atom. The van der Waals surface area contributed by atoms with Crippen molar-refractivity contribution < 1.29 is 17.2 Å². The van der Waals surface area contributed by atoms with Crippen LogP contribution < -0.4 is 15.8 Å². The second-order valence-electron chi connectivity index (χ2n) is 8.14. The molecule has 2 N–H and O–H groups in total. The highest BCUT2D eigenvalue weighted by atomic mass is 32.2. The van der Waals surface area contributed by atoms with Crippen LogP contribution in [0.4, 0.5) is 9.52 Å². The summed E-state index contributed by atoms with van der Waals surface area (Å²) in [5, 5.41) is 3.34. The molecule has 4 aromatic rings. The number of fused-ring (bicyclic) bond motifs is 1. The third-order valence-electron chi connectivity index (χ3n) is 5.98. The van der Waals surface area contributed by atoms with Crippen molar-refractivity contribution >= 4 is 43.4 Å². The Morgan fingerprint density at radius 1 is 1.29 bits per heavy atom. The van der Waals surface area contributed by atoms with E-state index in [1.54, 1.807) is 0 Å². The van der Waals surface area contributed by atoms with E-state index in [1.165, 1.54) is 16.5 Å². The van der Waals surface area contributed by atoms with Crippen LogP contribution in [0.15, 0.2) is 62.9 Å². The van der Waals surface area contributed by atoms with Gasteiger partial charge in [-0.25, -0.2) is 22.6 Å². The summed E-state index contributed by atoms with van der Waals surface area (Å²) < 4.78 is 53.1. The summed E-state index contributed by atoms with van der Waals surface area (Å²) in [6, 6.07) is 9.34. The fraction of sp³-hybridized carbons (Fsp3) is 0.261. The SMILES string of the molecule is C[C@H](c1ccccc1C1=CCNCCC1)n1c(=O)oc2cc(S(=O)(=O)Nc3ncns3)c(F)cc21. The molecule has 0 aliphatic carbocycles. The Balaban J connectivity index is 1.58.